The highest BCUT2D eigenvalue weighted by molar-refractivity contribution is 5.51. The van der Waals surface area contributed by atoms with E-state index in [4.69, 9.17) is 15.2 Å². The van der Waals surface area contributed by atoms with Gasteiger partial charge in [-0.15, -0.1) is 0 Å². The van der Waals surface area contributed by atoms with E-state index in [1.165, 1.54) is 13.2 Å². The van der Waals surface area contributed by atoms with Gasteiger partial charge in [-0.25, -0.2) is 0 Å². The van der Waals surface area contributed by atoms with Crippen LogP contribution in [0, 0.1) is 0 Å². The largest absolute Gasteiger partial charge is 0.507 e. The summed E-state index contributed by atoms with van der Waals surface area (Å²) in [5.41, 5.74) is 6.51. The lowest BCUT2D eigenvalue weighted by molar-refractivity contribution is 0.374. The number of methoxy groups -OCH3 is 2. The van der Waals surface area contributed by atoms with Gasteiger partial charge in [0.2, 0.25) is 0 Å². The smallest absolute Gasteiger partial charge is 0.131 e. The highest BCUT2D eigenvalue weighted by atomic mass is 16.5. The van der Waals surface area contributed by atoms with Crippen LogP contribution in [0.2, 0.25) is 0 Å². The molecule has 0 radical (unpaired) electrons. The summed E-state index contributed by atoms with van der Waals surface area (Å²) in [6.45, 7) is 1.95. The average molecular weight is 211 g/mol. The molecule has 0 aliphatic heterocycles. The zero-order valence-electron chi connectivity index (χ0n) is 9.28. The molecular weight excluding hydrogens is 194 g/mol. The molecule has 0 bridgehead atoms. The second kappa shape index (κ2) is 4.89. The number of hydrogen-bond donors (Lipinski definition) is 2. The number of ether oxygens (including phenoxy) is 2. The average Bonchev–Trinajstić information content (AvgIpc) is 2.26. The number of aromatic hydroxyl groups is 1. The first-order valence-electron chi connectivity index (χ1n) is 4.84. The first kappa shape index (κ1) is 11.7. The minimum Gasteiger partial charge on any atom is -0.507 e. The number of phenols is 1. The molecule has 0 unspecified atom stereocenters. The Balaban J connectivity index is 3.24. The predicted octanol–water partition coefficient (Wildman–Crippen LogP) is 1.82. The molecule has 15 heavy (non-hydrogen) atoms. The maximum atomic E-state index is 9.80. The standard InChI is InChI=1S/C11H17NO3/c1-4-8(12)11-9(13)5-7(14-2)6-10(11)15-3/h5-6,8,13H,4,12H2,1-3H3/t8-/m1/s1. The van der Waals surface area contributed by atoms with Crippen molar-refractivity contribution in [2.45, 2.75) is 19.4 Å². The molecule has 4 nitrogen and oxygen atoms in total. The minimum atomic E-state index is -0.231. The molecule has 4 heteroatoms. The molecule has 0 aromatic heterocycles. The van der Waals surface area contributed by atoms with Gasteiger partial charge in [0.25, 0.3) is 0 Å². The summed E-state index contributed by atoms with van der Waals surface area (Å²) in [6.07, 6.45) is 0.732. The van der Waals surface area contributed by atoms with Gasteiger partial charge in [0.1, 0.15) is 17.2 Å². The van der Waals surface area contributed by atoms with Crippen LogP contribution in [-0.4, -0.2) is 19.3 Å². The Morgan fingerprint density at radius 2 is 2.00 bits per heavy atom. The van der Waals surface area contributed by atoms with Gasteiger partial charge in [-0.05, 0) is 6.42 Å². The molecule has 1 atom stereocenters. The fraction of sp³-hybridized carbons (Fsp3) is 0.455. The van der Waals surface area contributed by atoms with Crippen LogP contribution >= 0.6 is 0 Å². The Bertz CT molecular complexity index is 339. The highest BCUT2D eigenvalue weighted by Crippen LogP contribution is 2.37. The molecule has 0 aliphatic carbocycles. The topological polar surface area (TPSA) is 64.7 Å². The Labute approximate surface area is 89.6 Å². The van der Waals surface area contributed by atoms with Crippen LogP contribution in [0.5, 0.6) is 17.2 Å². The van der Waals surface area contributed by atoms with E-state index < -0.39 is 0 Å². The lowest BCUT2D eigenvalue weighted by Crippen LogP contribution is -2.10. The first-order valence-corrected chi connectivity index (χ1v) is 4.84. The molecule has 84 valence electrons. The Hall–Kier alpha value is -1.42. The van der Waals surface area contributed by atoms with Crippen molar-refractivity contribution in [3.8, 4) is 17.2 Å². The van der Waals surface area contributed by atoms with Crippen LogP contribution in [0.25, 0.3) is 0 Å². The van der Waals surface area contributed by atoms with Gasteiger partial charge in [-0.2, -0.15) is 0 Å². The zero-order valence-corrected chi connectivity index (χ0v) is 9.28. The molecule has 1 aromatic rings. The minimum absolute atomic E-state index is 0.112. The Morgan fingerprint density at radius 3 is 2.47 bits per heavy atom. The van der Waals surface area contributed by atoms with Gasteiger partial charge < -0.3 is 20.3 Å². The molecule has 1 aromatic carbocycles. The molecule has 3 N–H and O–H groups in total. The second-order valence-electron chi connectivity index (χ2n) is 3.28. The van der Waals surface area contributed by atoms with Crippen LogP contribution in [-0.2, 0) is 0 Å². The number of benzene rings is 1. The van der Waals surface area contributed by atoms with Crippen LogP contribution in [0.1, 0.15) is 24.9 Å². The van der Waals surface area contributed by atoms with Crippen molar-refractivity contribution in [1.29, 1.82) is 0 Å². The predicted molar refractivity (Wildman–Crippen MR) is 58.4 cm³/mol. The Kier molecular flexibility index (Phi) is 3.80. The van der Waals surface area contributed by atoms with Crippen molar-refractivity contribution in [3.63, 3.8) is 0 Å². The van der Waals surface area contributed by atoms with E-state index in [9.17, 15) is 5.11 Å². The summed E-state index contributed by atoms with van der Waals surface area (Å²) >= 11 is 0. The van der Waals surface area contributed by atoms with Crippen LogP contribution in [0.15, 0.2) is 12.1 Å². The monoisotopic (exact) mass is 211 g/mol. The molecule has 0 saturated heterocycles. The molecule has 0 heterocycles. The van der Waals surface area contributed by atoms with Gasteiger partial charge in [0.15, 0.2) is 0 Å². The maximum absolute atomic E-state index is 9.80. The summed E-state index contributed by atoms with van der Waals surface area (Å²) in [5.74, 6) is 1.22. The zero-order chi connectivity index (χ0) is 11.4. The van der Waals surface area contributed by atoms with Crippen LogP contribution in [0.4, 0.5) is 0 Å². The number of nitrogens with two attached hydrogens (primary N) is 1. The fourth-order valence-corrected chi connectivity index (χ4v) is 1.45. The van der Waals surface area contributed by atoms with Crippen molar-refractivity contribution in [3.05, 3.63) is 17.7 Å². The SMILES string of the molecule is CC[C@@H](N)c1c(O)cc(OC)cc1OC. The quantitative estimate of drug-likeness (QED) is 0.797. The third-order valence-corrected chi connectivity index (χ3v) is 2.36. The number of hydrogen-bond acceptors (Lipinski definition) is 4. The third-order valence-electron chi connectivity index (χ3n) is 2.36. The third kappa shape index (κ3) is 2.33. The number of rotatable bonds is 4. The number of phenolic OH excluding ortho intramolecular Hbond substituents is 1. The van der Waals surface area contributed by atoms with Crippen molar-refractivity contribution >= 4 is 0 Å². The lowest BCUT2D eigenvalue weighted by atomic mass is 10.0. The summed E-state index contributed by atoms with van der Waals surface area (Å²) in [7, 11) is 3.08. The normalized spacial score (nSPS) is 12.3. The van der Waals surface area contributed by atoms with E-state index in [2.05, 4.69) is 0 Å². The van der Waals surface area contributed by atoms with Crippen molar-refractivity contribution < 1.29 is 14.6 Å². The molecule has 0 fully saturated rings. The molecule has 0 spiro atoms. The fourth-order valence-electron chi connectivity index (χ4n) is 1.45. The van der Waals surface area contributed by atoms with Crippen molar-refractivity contribution in [1.82, 2.24) is 0 Å². The second-order valence-corrected chi connectivity index (χ2v) is 3.28. The van der Waals surface area contributed by atoms with E-state index in [1.807, 2.05) is 6.92 Å². The summed E-state index contributed by atoms with van der Waals surface area (Å²) in [6, 6.07) is 3.02. The van der Waals surface area contributed by atoms with Crippen LogP contribution < -0.4 is 15.2 Å². The molecule has 0 aliphatic rings. The van der Waals surface area contributed by atoms with Gasteiger partial charge >= 0.3 is 0 Å². The van der Waals surface area contributed by atoms with E-state index in [0.717, 1.165) is 6.42 Å². The van der Waals surface area contributed by atoms with Crippen LogP contribution in [0.3, 0.4) is 0 Å². The van der Waals surface area contributed by atoms with Gasteiger partial charge in [0.05, 0.1) is 19.8 Å². The molecule has 0 amide bonds. The summed E-state index contributed by atoms with van der Waals surface area (Å²) in [4.78, 5) is 0. The maximum Gasteiger partial charge on any atom is 0.131 e. The summed E-state index contributed by atoms with van der Waals surface area (Å²) < 4.78 is 10.2. The van der Waals surface area contributed by atoms with Crippen molar-refractivity contribution in [2.24, 2.45) is 5.73 Å². The van der Waals surface area contributed by atoms with E-state index in [-0.39, 0.29) is 11.8 Å². The first-order chi connectivity index (χ1) is 7.13. The summed E-state index contributed by atoms with van der Waals surface area (Å²) in [5, 5.41) is 9.80. The van der Waals surface area contributed by atoms with Gasteiger partial charge in [-0.3, -0.25) is 0 Å². The Morgan fingerprint density at radius 1 is 1.33 bits per heavy atom. The van der Waals surface area contributed by atoms with Gasteiger partial charge in [0, 0.05) is 18.2 Å². The van der Waals surface area contributed by atoms with E-state index in [0.29, 0.717) is 17.1 Å². The molecule has 0 saturated carbocycles. The molecular formula is C11H17NO3. The molecule has 1 rings (SSSR count). The van der Waals surface area contributed by atoms with E-state index in [1.54, 1.807) is 13.2 Å². The van der Waals surface area contributed by atoms with Gasteiger partial charge in [-0.1, -0.05) is 6.92 Å². The van der Waals surface area contributed by atoms with Crippen molar-refractivity contribution in [2.75, 3.05) is 14.2 Å². The van der Waals surface area contributed by atoms with E-state index >= 15 is 0 Å². The highest BCUT2D eigenvalue weighted by Gasteiger charge is 2.16. The lowest BCUT2D eigenvalue weighted by Gasteiger charge is -2.16.